The van der Waals surface area contributed by atoms with Gasteiger partial charge in [0.25, 0.3) is 5.91 Å². The molecular weight excluding hydrogens is 270 g/mol. The van der Waals surface area contributed by atoms with E-state index in [0.29, 0.717) is 24.5 Å². The minimum atomic E-state index is -0.585. The normalized spacial score (nSPS) is 16.2. The van der Waals surface area contributed by atoms with Crippen LogP contribution in [0.15, 0.2) is 24.3 Å². The number of piperazine rings is 1. The van der Waals surface area contributed by atoms with Crippen LogP contribution < -0.4 is 15.4 Å². The molecule has 1 unspecified atom stereocenters. The number of hydrogen-bond donors (Lipinski definition) is 2. The molecule has 0 bridgehead atoms. The molecule has 0 spiro atoms. The molecule has 6 heteroatoms. The van der Waals surface area contributed by atoms with Gasteiger partial charge in [0.2, 0.25) is 5.91 Å². The minimum absolute atomic E-state index is 0.0332. The fourth-order valence-corrected chi connectivity index (χ4v) is 2.25. The van der Waals surface area contributed by atoms with Crippen LogP contribution in [0.1, 0.15) is 13.8 Å². The average Bonchev–Trinajstić information content (AvgIpc) is 2.49. The molecule has 114 valence electrons. The third-order valence-corrected chi connectivity index (χ3v) is 3.28. The van der Waals surface area contributed by atoms with Crippen molar-refractivity contribution in [3.8, 4) is 5.75 Å². The lowest BCUT2D eigenvalue weighted by molar-refractivity contribution is -0.138. The van der Waals surface area contributed by atoms with E-state index in [1.54, 1.807) is 30.0 Å². The van der Waals surface area contributed by atoms with Gasteiger partial charge in [-0.15, -0.1) is 0 Å². The second kappa shape index (κ2) is 7.08. The van der Waals surface area contributed by atoms with Gasteiger partial charge in [0, 0.05) is 33.1 Å². The maximum absolute atomic E-state index is 12.3. The molecule has 1 aliphatic heterocycles. The Morgan fingerprint density at radius 1 is 1.29 bits per heavy atom. The van der Waals surface area contributed by atoms with E-state index in [9.17, 15) is 9.59 Å². The Labute approximate surface area is 124 Å². The predicted molar refractivity (Wildman–Crippen MR) is 80.3 cm³/mol. The fourth-order valence-electron chi connectivity index (χ4n) is 2.25. The largest absolute Gasteiger partial charge is 0.479 e. The summed E-state index contributed by atoms with van der Waals surface area (Å²) < 4.78 is 5.74. The summed E-state index contributed by atoms with van der Waals surface area (Å²) >= 11 is 0. The zero-order valence-electron chi connectivity index (χ0n) is 12.4. The number of para-hydroxylation sites is 2. The molecule has 2 rings (SSSR count). The number of carbonyl (C=O) groups is 2. The summed E-state index contributed by atoms with van der Waals surface area (Å²) in [6.07, 6.45) is -0.585. The molecule has 0 radical (unpaired) electrons. The van der Waals surface area contributed by atoms with Crippen LogP contribution in [0.3, 0.4) is 0 Å². The zero-order chi connectivity index (χ0) is 15.2. The van der Waals surface area contributed by atoms with Crippen molar-refractivity contribution in [3.63, 3.8) is 0 Å². The van der Waals surface area contributed by atoms with Crippen molar-refractivity contribution >= 4 is 17.5 Å². The molecule has 1 aromatic carbocycles. The molecule has 1 atom stereocenters. The maximum Gasteiger partial charge on any atom is 0.263 e. The Hall–Kier alpha value is -2.08. The first-order valence-corrected chi connectivity index (χ1v) is 7.10. The van der Waals surface area contributed by atoms with E-state index >= 15 is 0 Å². The van der Waals surface area contributed by atoms with Gasteiger partial charge in [-0.3, -0.25) is 9.59 Å². The Morgan fingerprint density at radius 3 is 2.62 bits per heavy atom. The van der Waals surface area contributed by atoms with Gasteiger partial charge in [-0.2, -0.15) is 0 Å². The number of hydrogen-bond acceptors (Lipinski definition) is 4. The molecule has 1 aliphatic rings. The Bertz CT molecular complexity index is 513. The molecule has 6 nitrogen and oxygen atoms in total. The van der Waals surface area contributed by atoms with Gasteiger partial charge in [-0.25, -0.2) is 0 Å². The van der Waals surface area contributed by atoms with Crippen molar-refractivity contribution < 1.29 is 14.3 Å². The second-order valence-electron chi connectivity index (χ2n) is 5.01. The van der Waals surface area contributed by atoms with Crippen LogP contribution in [-0.4, -0.2) is 49.0 Å². The molecule has 1 saturated heterocycles. The third kappa shape index (κ3) is 4.19. The molecule has 0 aromatic heterocycles. The number of benzene rings is 1. The predicted octanol–water partition coefficient (Wildman–Crippen LogP) is 0.844. The Kier molecular flexibility index (Phi) is 5.16. The number of rotatable bonds is 4. The number of anilines is 1. The van der Waals surface area contributed by atoms with E-state index in [1.807, 2.05) is 6.07 Å². The third-order valence-electron chi connectivity index (χ3n) is 3.28. The van der Waals surface area contributed by atoms with Crippen LogP contribution in [0.4, 0.5) is 5.69 Å². The summed E-state index contributed by atoms with van der Waals surface area (Å²) in [6.45, 7) is 6.17. The first-order chi connectivity index (χ1) is 10.1. The lowest BCUT2D eigenvalue weighted by Gasteiger charge is -2.30. The van der Waals surface area contributed by atoms with Crippen LogP contribution in [0.5, 0.6) is 5.75 Å². The number of nitrogens with one attached hydrogen (secondary N) is 2. The zero-order valence-corrected chi connectivity index (χ0v) is 12.4. The fraction of sp³-hybridized carbons (Fsp3) is 0.467. The van der Waals surface area contributed by atoms with Crippen LogP contribution in [0.2, 0.25) is 0 Å². The highest BCUT2D eigenvalue weighted by Gasteiger charge is 2.24. The number of nitrogens with zero attached hydrogens (tertiary/aromatic N) is 1. The molecule has 1 aromatic rings. The minimum Gasteiger partial charge on any atom is -0.479 e. The van der Waals surface area contributed by atoms with E-state index in [4.69, 9.17) is 4.74 Å². The highest BCUT2D eigenvalue weighted by molar-refractivity contribution is 5.90. The van der Waals surface area contributed by atoms with Crippen molar-refractivity contribution in [2.45, 2.75) is 20.0 Å². The summed E-state index contributed by atoms with van der Waals surface area (Å²) in [7, 11) is 0. The number of carbonyl (C=O) groups excluding carboxylic acids is 2. The quantitative estimate of drug-likeness (QED) is 0.862. The standard InChI is InChI=1S/C15H21N3O3/c1-11(15(20)18-9-7-16-8-10-18)21-14-6-4-3-5-13(14)17-12(2)19/h3-6,11,16H,7-10H2,1-2H3,(H,17,19). The van der Waals surface area contributed by atoms with Gasteiger partial charge in [0.15, 0.2) is 6.10 Å². The van der Waals surface area contributed by atoms with Gasteiger partial charge in [-0.1, -0.05) is 12.1 Å². The van der Waals surface area contributed by atoms with Crippen LogP contribution in [0.25, 0.3) is 0 Å². The van der Waals surface area contributed by atoms with E-state index in [-0.39, 0.29) is 11.8 Å². The van der Waals surface area contributed by atoms with Crippen molar-refractivity contribution in [2.75, 3.05) is 31.5 Å². The first kappa shape index (κ1) is 15.3. The highest BCUT2D eigenvalue weighted by Crippen LogP contribution is 2.25. The SMILES string of the molecule is CC(=O)Nc1ccccc1OC(C)C(=O)N1CCNCC1. The van der Waals surface area contributed by atoms with E-state index in [2.05, 4.69) is 10.6 Å². The van der Waals surface area contributed by atoms with Crippen molar-refractivity contribution in [3.05, 3.63) is 24.3 Å². The number of ether oxygens (including phenoxy) is 1. The summed E-state index contributed by atoms with van der Waals surface area (Å²) in [5.74, 6) is 0.296. The summed E-state index contributed by atoms with van der Waals surface area (Å²) in [5.41, 5.74) is 0.574. The molecule has 2 amide bonds. The Morgan fingerprint density at radius 2 is 1.95 bits per heavy atom. The van der Waals surface area contributed by atoms with Gasteiger partial charge in [0.1, 0.15) is 5.75 Å². The van der Waals surface area contributed by atoms with Crippen molar-refractivity contribution in [1.82, 2.24) is 10.2 Å². The van der Waals surface area contributed by atoms with Gasteiger partial charge < -0.3 is 20.3 Å². The summed E-state index contributed by atoms with van der Waals surface area (Å²) in [6, 6.07) is 7.11. The van der Waals surface area contributed by atoms with Crippen molar-refractivity contribution in [1.29, 1.82) is 0 Å². The summed E-state index contributed by atoms with van der Waals surface area (Å²) in [4.78, 5) is 25.3. The summed E-state index contributed by atoms with van der Waals surface area (Å²) in [5, 5.41) is 5.91. The lowest BCUT2D eigenvalue weighted by Crippen LogP contribution is -2.50. The van der Waals surface area contributed by atoms with E-state index in [1.165, 1.54) is 6.92 Å². The maximum atomic E-state index is 12.3. The average molecular weight is 291 g/mol. The first-order valence-electron chi connectivity index (χ1n) is 7.10. The molecule has 1 heterocycles. The molecule has 2 N–H and O–H groups in total. The van der Waals surface area contributed by atoms with E-state index in [0.717, 1.165) is 13.1 Å². The number of amides is 2. The second-order valence-corrected chi connectivity index (χ2v) is 5.01. The molecule has 0 aliphatic carbocycles. The lowest BCUT2D eigenvalue weighted by atomic mass is 10.2. The van der Waals surface area contributed by atoms with E-state index < -0.39 is 6.10 Å². The molecule has 1 fully saturated rings. The monoisotopic (exact) mass is 291 g/mol. The Balaban J connectivity index is 2.03. The molecular formula is C15H21N3O3. The van der Waals surface area contributed by atoms with Crippen LogP contribution in [0, 0.1) is 0 Å². The van der Waals surface area contributed by atoms with Crippen LogP contribution in [-0.2, 0) is 9.59 Å². The van der Waals surface area contributed by atoms with Crippen LogP contribution >= 0.6 is 0 Å². The van der Waals surface area contributed by atoms with Gasteiger partial charge in [-0.05, 0) is 19.1 Å². The molecule has 0 saturated carbocycles. The molecule has 21 heavy (non-hydrogen) atoms. The van der Waals surface area contributed by atoms with Gasteiger partial charge >= 0.3 is 0 Å². The highest BCUT2D eigenvalue weighted by atomic mass is 16.5. The van der Waals surface area contributed by atoms with Gasteiger partial charge in [0.05, 0.1) is 5.69 Å². The van der Waals surface area contributed by atoms with Crippen molar-refractivity contribution in [2.24, 2.45) is 0 Å². The topological polar surface area (TPSA) is 70.7 Å². The smallest absolute Gasteiger partial charge is 0.263 e.